The number of nitrogens with zero attached hydrogens (tertiary/aromatic N) is 2. The highest BCUT2D eigenvalue weighted by molar-refractivity contribution is 6.04. The van der Waals surface area contributed by atoms with Gasteiger partial charge in [-0.05, 0) is 42.3 Å². The SMILES string of the molecule is Cl.Cl.NC1CC1c1cccc(C(=O)Nc2cccc(-c3ncccn3)c2)c1. The first-order valence-corrected chi connectivity index (χ1v) is 8.25. The van der Waals surface area contributed by atoms with Crippen LogP contribution in [0.2, 0.25) is 0 Å². The molecule has 2 aromatic carbocycles. The Morgan fingerprint density at radius 1 is 1.00 bits per heavy atom. The van der Waals surface area contributed by atoms with Gasteiger partial charge in [-0.3, -0.25) is 4.79 Å². The summed E-state index contributed by atoms with van der Waals surface area (Å²) in [5.41, 5.74) is 9.24. The number of carbonyl (C=O) groups is 1. The number of amides is 1. The van der Waals surface area contributed by atoms with Gasteiger partial charge in [0.25, 0.3) is 5.91 Å². The zero-order chi connectivity index (χ0) is 17.2. The van der Waals surface area contributed by atoms with Crippen molar-refractivity contribution in [3.63, 3.8) is 0 Å². The lowest BCUT2D eigenvalue weighted by molar-refractivity contribution is 0.102. The molecule has 0 saturated heterocycles. The number of nitrogens with one attached hydrogen (secondary N) is 1. The summed E-state index contributed by atoms with van der Waals surface area (Å²) < 4.78 is 0. The maximum absolute atomic E-state index is 12.6. The monoisotopic (exact) mass is 402 g/mol. The second-order valence-electron chi connectivity index (χ2n) is 6.24. The molecule has 1 heterocycles. The molecule has 1 amide bonds. The van der Waals surface area contributed by atoms with Crippen LogP contribution in [0.1, 0.15) is 28.3 Å². The largest absolute Gasteiger partial charge is 0.327 e. The summed E-state index contributed by atoms with van der Waals surface area (Å²) >= 11 is 0. The first-order valence-electron chi connectivity index (χ1n) is 8.25. The smallest absolute Gasteiger partial charge is 0.255 e. The van der Waals surface area contributed by atoms with E-state index < -0.39 is 0 Å². The topological polar surface area (TPSA) is 80.9 Å². The number of hydrogen-bond donors (Lipinski definition) is 2. The number of anilines is 1. The van der Waals surface area contributed by atoms with E-state index in [-0.39, 0.29) is 36.8 Å². The fraction of sp³-hybridized carbons (Fsp3) is 0.150. The van der Waals surface area contributed by atoms with Gasteiger partial charge < -0.3 is 11.1 Å². The highest BCUT2D eigenvalue weighted by Crippen LogP contribution is 2.39. The van der Waals surface area contributed by atoms with Crippen LogP contribution in [0.4, 0.5) is 5.69 Å². The summed E-state index contributed by atoms with van der Waals surface area (Å²) in [7, 11) is 0. The van der Waals surface area contributed by atoms with E-state index in [1.165, 1.54) is 0 Å². The molecule has 2 unspecified atom stereocenters. The number of nitrogens with two attached hydrogens (primary N) is 1. The van der Waals surface area contributed by atoms with E-state index >= 15 is 0 Å². The highest BCUT2D eigenvalue weighted by atomic mass is 35.5. The van der Waals surface area contributed by atoms with Crippen molar-refractivity contribution in [3.05, 3.63) is 78.1 Å². The molecule has 27 heavy (non-hydrogen) atoms. The first-order chi connectivity index (χ1) is 12.2. The van der Waals surface area contributed by atoms with Gasteiger partial charge in [-0.25, -0.2) is 9.97 Å². The van der Waals surface area contributed by atoms with Crippen LogP contribution < -0.4 is 11.1 Å². The number of hydrogen-bond acceptors (Lipinski definition) is 4. The molecule has 1 aliphatic rings. The van der Waals surface area contributed by atoms with Gasteiger partial charge >= 0.3 is 0 Å². The maximum atomic E-state index is 12.6. The van der Waals surface area contributed by atoms with Crippen molar-refractivity contribution >= 4 is 36.4 Å². The number of halogens is 2. The lowest BCUT2D eigenvalue weighted by Crippen LogP contribution is -2.12. The normalized spacial score (nSPS) is 17.2. The van der Waals surface area contributed by atoms with Gasteiger partial charge in [0.05, 0.1) is 0 Å². The van der Waals surface area contributed by atoms with E-state index in [0.29, 0.717) is 23.0 Å². The molecule has 0 aliphatic heterocycles. The Morgan fingerprint density at radius 2 is 1.70 bits per heavy atom. The Bertz CT molecular complexity index is 921. The highest BCUT2D eigenvalue weighted by Gasteiger charge is 2.34. The zero-order valence-electron chi connectivity index (χ0n) is 14.4. The average molecular weight is 403 g/mol. The van der Waals surface area contributed by atoms with Crippen molar-refractivity contribution in [1.82, 2.24) is 9.97 Å². The molecule has 1 fully saturated rings. The third kappa shape index (κ3) is 4.83. The number of rotatable bonds is 4. The average Bonchev–Trinajstić information content (AvgIpc) is 3.39. The summed E-state index contributed by atoms with van der Waals surface area (Å²) in [5.74, 6) is 0.872. The second-order valence-corrected chi connectivity index (χ2v) is 6.24. The van der Waals surface area contributed by atoms with Gasteiger partial charge in [0.1, 0.15) is 0 Å². The van der Waals surface area contributed by atoms with E-state index in [0.717, 1.165) is 17.5 Å². The van der Waals surface area contributed by atoms with E-state index in [2.05, 4.69) is 15.3 Å². The molecule has 3 aromatic rings. The van der Waals surface area contributed by atoms with Gasteiger partial charge in [-0.15, -0.1) is 24.8 Å². The Kier molecular flexibility index (Phi) is 6.91. The molecule has 4 rings (SSSR count). The lowest BCUT2D eigenvalue weighted by Gasteiger charge is -2.08. The van der Waals surface area contributed by atoms with Crippen LogP contribution in [0.15, 0.2) is 67.0 Å². The Labute approximate surface area is 170 Å². The van der Waals surface area contributed by atoms with Crippen molar-refractivity contribution in [2.24, 2.45) is 5.73 Å². The quantitative estimate of drug-likeness (QED) is 0.689. The minimum Gasteiger partial charge on any atom is -0.327 e. The Morgan fingerprint density at radius 3 is 2.41 bits per heavy atom. The number of carbonyl (C=O) groups excluding carboxylic acids is 1. The molecule has 1 aromatic heterocycles. The first kappa shape index (κ1) is 20.8. The molecule has 0 spiro atoms. The van der Waals surface area contributed by atoms with Crippen LogP contribution in [-0.2, 0) is 0 Å². The fourth-order valence-corrected chi connectivity index (χ4v) is 2.90. The van der Waals surface area contributed by atoms with Crippen molar-refractivity contribution in [1.29, 1.82) is 0 Å². The van der Waals surface area contributed by atoms with Crippen molar-refractivity contribution in [3.8, 4) is 11.4 Å². The Balaban J connectivity index is 0.00000131. The summed E-state index contributed by atoms with van der Waals surface area (Å²) in [6, 6.07) is 17.2. The van der Waals surface area contributed by atoms with Crippen LogP contribution >= 0.6 is 24.8 Å². The molecule has 5 nitrogen and oxygen atoms in total. The summed E-state index contributed by atoms with van der Waals surface area (Å²) in [5, 5.41) is 2.94. The summed E-state index contributed by atoms with van der Waals surface area (Å²) in [6.07, 6.45) is 4.38. The molecule has 2 atom stereocenters. The standard InChI is InChI=1S/C20H18N4O.2ClH/c21-18-12-17(18)13-4-1-6-15(10-13)20(25)24-16-7-2-5-14(11-16)19-22-8-3-9-23-19;;/h1-11,17-18H,12,21H2,(H,24,25);2*1H. The third-order valence-electron chi connectivity index (χ3n) is 4.36. The van der Waals surface area contributed by atoms with Crippen LogP contribution in [0, 0.1) is 0 Å². The predicted octanol–water partition coefficient (Wildman–Crippen LogP) is 4.05. The molecule has 0 radical (unpaired) electrons. The van der Waals surface area contributed by atoms with Crippen molar-refractivity contribution in [2.45, 2.75) is 18.4 Å². The molecule has 7 heteroatoms. The van der Waals surface area contributed by atoms with Gasteiger partial charge in [-0.2, -0.15) is 0 Å². The summed E-state index contributed by atoms with van der Waals surface area (Å²) in [6.45, 7) is 0. The van der Waals surface area contributed by atoms with Crippen LogP contribution in [0.3, 0.4) is 0 Å². The minimum absolute atomic E-state index is 0. The molecule has 140 valence electrons. The van der Waals surface area contributed by atoms with E-state index in [4.69, 9.17) is 5.73 Å². The second kappa shape index (κ2) is 8.95. The van der Waals surface area contributed by atoms with E-state index in [9.17, 15) is 4.79 Å². The minimum atomic E-state index is -0.137. The Hall–Kier alpha value is -2.47. The lowest BCUT2D eigenvalue weighted by atomic mass is 10.1. The molecule has 0 bridgehead atoms. The summed E-state index contributed by atoms with van der Waals surface area (Å²) in [4.78, 5) is 21.0. The predicted molar refractivity (Wildman–Crippen MR) is 112 cm³/mol. The van der Waals surface area contributed by atoms with Gasteiger partial charge in [0, 0.05) is 41.2 Å². The van der Waals surface area contributed by atoms with Gasteiger partial charge in [0.15, 0.2) is 5.82 Å². The van der Waals surface area contributed by atoms with E-state index in [1.807, 2.05) is 48.5 Å². The zero-order valence-corrected chi connectivity index (χ0v) is 16.0. The molecule has 3 N–H and O–H groups in total. The van der Waals surface area contributed by atoms with Crippen molar-refractivity contribution < 1.29 is 4.79 Å². The number of aromatic nitrogens is 2. The fourth-order valence-electron chi connectivity index (χ4n) is 2.90. The van der Waals surface area contributed by atoms with Crippen LogP contribution in [-0.4, -0.2) is 21.9 Å². The number of benzene rings is 2. The van der Waals surface area contributed by atoms with Gasteiger partial charge in [-0.1, -0.05) is 24.3 Å². The van der Waals surface area contributed by atoms with Crippen LogP contribution in [0.5, 0.6) is 0 Å². The van der Waals surface area contributed by atoms with Crippen LogP contribution in [0.25, 0.3) is 11.4 Å². The maximum Gasteiger partial charge on any atom is 0.255 e. The third-order valence-corrected chi connectivity index (χ3v) is 4.36. The van der Waals surface area contributed by atoms with Crippen molar-refractivity contribution in [2.75, 3.05) is 5.32 Å². The molecular weight excluding hydrogens is 383 g/mol. The molecule has 1 aliphatic carbocycles. The molecular formula is C20H20Cl2N4O. The van der Waals surface area contributed by atoms with Gasteiger partial charge in [0.2, 0.25) is 0 Å². The molecule has 1 saturated carbocycles. The van der Waals surface area contributed by atoms with E-state index in [1.54, 1.807) is 18.5 Å².